The van der Waals surface area contributed by atoms with E-state index in [1.807, 2.05) is 12.1 Å². The van der Waals surface area contributed by atoms with E-state index in [0.29, 0.717) is 5.75 Å². The Morgan fingerprint density at radius 3 is 2.57 bits per heavy atom. The molecule has 2 rings (SSSR count). The fraction of sp³-hybridized carbons (Fsp3) is 0.214. The maximum atomic E-state index is 12.4. The first-order valence-electron chi connectivity index (χ1n) is 6.24. The molecule has 0 aliphatic rings. The summed E-state index contributed by atoms with van der Waals surface area (Å²) in [7, 11) is -0.810. The molecule has 2 N–H and O–H groups in total. The second-order valence-corrected chi connectivity index (χ2v) is 5.96. The van der Waals surface area contributed by atoms with Crippen LogP contribution in [0.1, 0.15) is 5.69 Å². The van der Waals surface area contributed by atoms with Crippen molar-refractivity contribution in [3.05, 3.63) is 48.3 Å². The Morgan fingerprint density at radius 2 is 1.95 bits per heavy atom. The highest BCUT2D eigenvalue weighted by atomic mass is 32.2. The summed E-state index contributed by atoms with van der Waals surface area (Å²) in [5.74, 6) is 0.711. The van der Waals surface area contributed by atoms with Crippen molar-refractivity contribution in [1.29, 1.82) is 0 Å². The summed E-state index contributed by atoms with van der Waals surface area (Å²) in [6, 6.07) is 10.1. The molecule has 1 aromatic heterocycles. The van der Waals surface area contributed by atoms with Gasteiger partial charge in [-0.1, -0.05) is 6.07 Å². The van der Waals surface area contributed by atoms with E-state index in [4.69, 9.17) is 9.47 Å². The lowest BCUT2D eigenvalue weighted by atomic mass is 10.3. The first-order valence-corrected chi connectivity index (χ1v) is 7.72. The molecular formula is C14H17N2O4S+. The number of hydrogen-bond acceptors (Lipinski definition) is 4. The fourth-order valence-corrected chi connectivity index (χ4v) is 2.97. The van der Waals surface area contributed by atoms with Crippen LogP contribution in [0, 0.1) is 0 Å². The lowest BCUT2D eigenvalue weighted by molar-refractivity contribution is -0.390. The summed E-state index contributed by atoms with van der Waals surface area (Å²) in [5.41, 5.74) is 0.753. The Labute approximate surface area is 123 Å². The molecule has 6 nitrogen and oxygen atoms in total. The molecule has 7 heteroatoms. The third-order valence-corrected chi connectivity index (χ3v) is 4.31. The van der Waals surface area contributed by atoms with E-state index >= 15 is 0 Å². The average Bonchev–Trinajstić information content (AvgIpc) is 2.53. The molecule has 0 atom stereocenters. The first-order chi connectivity index (χ1) is 10.1. The van der Waals surface area contributed by atoms with Gasteiger partial charge in [0.25, 0.3) is 0 Å². The van der Waals surface area contributed by atoms with E-state index in [2.05, 4.69) is 9.71 Å². The van der Waals surface area contributed by atoms with Crippen molar-refractivity contribution >= 4 is 10.0 Å². The van der Waals surface area contributed by atoms with Crippen LogP contribution in [0.2, 0.25) is 0 Å². The summed E-state index contributed by atoms with van der Waals surface area (Å²) >= 11 is 0. The van der Waals surface area contributed by atoms with Crippen LogP contribution in [0.15, 0.2) is 47.5 Å². The van der Waals surface area contributed by atoms with Crippen LogP contribution in [0.5, 0.6) is 11.5 Å². The zero-order chi connectivity index (χ0) is 15.3. The molecule has 112 valence electrons. The number of ether oxygens (including phenoxy) is 2. The van der Waals surface area contributed by atoms with E-state index in [0.717, 1.165) is 5.69 Å². The molecule has 0 saturated heterocycles. The van der Waals surface area contributed by atoms with Crippen molar-refractivity contribution in [3.63, 3.8) is 0 Å². The third kappa shape index (κ3) is 3.71. The Kier molecular flexibility index (Phi) is 4.77. The number of benzene rings is 1. The van der Waals surface area contributed by atoms with Crippen molar-refractivity contribution in [2.45, 2.75) is 11.4 Å². The van der Waals surface area contributed by atoms with Crippen LogP contribution in [0.3, 0.4) is 0 Å². The van der Waals surface area contributed by atoms with Gasteiger partial charge in [0, 0.05) is 18.2 Å². The van der Waals surface area contributed by atoms with E-state index in [-0.39, 0.29) is 17.2 Å². The van der Waals surface area contributed by atoms with Gasteiger partial charge in [-0.25, -0.2) is 18.1 Å². The topological polar surface area (TPSA) is 78.8 Å². The van der Waals surface area contributed by atoms with Crippen LogP contribution < -0.4 is 19.2 Å². The molecular weight excluding hydrogens is 292 g/mol. The molecule has 0 saturated carbocycles. The Hall–Kier alpha value is -2.12. The maximum Gasteiger partial charge on any atom is 0.244 e. The molecule has 1 aromatic carbocycles. The minimum atomic E-state index is -3.71. The zero-order valence-electron chi connectivity index (χ0n) is 11.8. The van der Waals surface area contributed by atoms with Crippen molar-refractivity contribution in [1.82, 2.24) is 4.72 Å². The Balaban J connectivity index is 2.26. The van der Waals surface area contributed by atoms with E-state index in [1.165, 1.54) is 20.3 Å². The highest BCUT2D eigenvalue weighted by Crippen LogP contribution is 2.27. The van der Waals surface area contributed by atoms with E-state index in [1.54, 1.807) is 24.4 Å². The van der Waals surface area contributed by atoms with Gasteiger partial charge in [0.2, 0.25) is 10.0 Å². The number of nitrogens with one attached hydrogen (secondary N) is 2. The van der Waals surface area contributed by atoms with Gasteiger partial charge in [0.05, 0.1) is 20.8 Å². The summed E-state index contributed by atoms with van der Waals surface area (Å²) in [6.45, 7) is 0.156. The van der Waals surface area contributed by atoms with Gasteiger partial charge in [-0.15, -0.1) is 0 Å². The molecule has 0 amide bonds. The predicted octanol–water partition coefficient (Wildman–Crippen LogP) is 0.996. The summed E-state index contributed by atoms with van der Waals surface area (Å²) in [5, 5.41) is 0. The third-order valence-electron chi connectivity index (χ3n) is 2.89. The minimum absolute atomic E-state index is 0.0419. The number of hydrogen-bond donors (Lipinski definition) is 1. The predicted molar refractivity (Wildman–Crippen MR) is 76.6 cm³/mol. The quantitative estimate of drug-likeness (QED) is 0.863. The standard InChI is InChI=1S/C14H16N2O4S/c1-19-12-6-7-13(20-2)14(9-12)21(17,18)16-10-11-5-3-4-8-15-11/h3-9,16H,10H2,1-2H3/p+1. The molecule has 0 radical (unpaired) electrons. The number of sulfonamides is 1. The molecule has 0 spiro atoms. The molecule has 1 heterocycles. The summed E-state index contributed by atoms with van der Waals surface area (Å²) in [6.07, 6.45) is 1.73. The zero-order valence-corrected chi connectivity index (χ0v) is 12.6. The van der Waals surface area contributed by atoms with Crippen molar-refractivity contribution in [3.8, 4) is 11.5 Å². The summed E-state index contributed by atoms with van der Waals surface area (Å²) < 4.78 is 37.5. The van der Waals surface area contributed by atoms with E-state index in [9.17, 15) is 8.42 Å². The van der Waals surface area contributed by atoms with Crippen LogP contribution in [-0.4, -0.2) is 22.6 Å². The molecule has 0 fully saturated rings. The molecule has 0 bridgehead atoms. The van der Waals surface area contributed by atoms with Crippen molar-refractivity contribution in [2.24, 2.45) is 0 Å². The first kappa shape index (κ1) is 15.3. The molecule has 21 heavy (non-hydrogen) atoms. The second-order valence-electron chi connectivity index (χ2n) is 4.23. The van der Waals surface area contributed by atoms with Gasteiger partial charge in [-0.05, 0) is 12.1 Å². The van der Waals surface area contributed by atoms with Crippen LogP contribution in [0.4, 0.5) is 0 Å². The number of aromatic amines is 1. The van der Waals surface area contributed by atoms with Crippen LogP contribution in [0.25, 0.3) is 0 Å². The van der Waals surface area contributed by atoms with Gasteiger partial charge >= 0.3 is 0 Å². The Morgan fingerprint density at radius 1 is 1.14 bits per heavy atom. The van der Waals surface area contributed by atoms with Crippen LogP contribution >= 0.6 is 0 Å². The lowest BCUT2D eigenvalue weighted by Gasteiger charge is -2.11. The lowest BCUT2D eigenvalue weighted by Crippen LogP contribution is -2.27. The van der Waals surface area contributed by atoms with E-state index < -0.39 is 10.0 Å². The van der Waals surface area contributed by atoms with Gasteiger partial charge in [0.15, 0.2) is 11.9 Å². The fourth-order valence-electron chi connectivity index (χ4n) is 1.79. The van der Waals surface area contributed by atoms with Gasteiger partial charge < -0.3 is 9.47 Å². The Bertz CT molecular complexity index is 702. The monoisotopic (exact) mass is 309 g/mol. The number of aromatic nitrogens is 1. The van der Waals surface area contributed by atoms with Gasteiger partial charge in [-0.2, -0.15) is 0 Å². The molecule has 0 unspecified atom stereocenters. The number of H-pyrrole nitrogens is 1. The maximum absolute atomic E-state index is 12.4. The number of pyridine rings is 1. The smallest absolute Gasteiger partial charge is 0.244 e. The van der Waals surface area contributed by atoms with Gasteiger partial charge in [0.1, 0.15) is 16.4 Å². The number of methoxy groups -OCH3 is 2. The average molecular weight is 309 g/mol. The highest BCUT2D eigenvalue weighted by Gasteiger charge is 2.21. The second kappa shape index (κ2) is 6.55. The SMILES string of the molecule is COc1ccc(OC)c(S(=O)(=O)NCc2cccc[nH+]2)c1. The number of rotatable bonds is 6. The van der Waals surface area contributed by atoms with Crippen molar-refractivity contribution < 1.29 is 22.9 Å². The van der Waals surface area contributed by atoms with Crippen LogP contribution in [-0.2, 0) is 16.6 Å². The molecule has 2 aromatic rings. The minimum Gasteiger partial charge on any atom is -0.497 e. The normalized spacial score (nSPS) is 11.1. The molecule has 0 aliphatic heterocycles. The molecule has 0 aliphatic carbocycles. The van der Waals surface area contributed by atoms with Gasteiger partial charge in [-0.3, -0.25) is 0 Å². The largest absolute Gasteiger partial charge is 0.497 e. The van der Waals surface area contributed by atoms with Crippen molar-refractivity contribution in [2.75, 3.05) is 14.2 Å². The highest BCUT2D eigenvalue weighted by molar-refractivity contribution is 7.89. The summed E-state index contributed by atoms with van der Waals surface area (Å²) in [4.78, 5) is 3.00.